The molecule has 0 radical (unpaired) electrons. The molecule has 0 amide bonds. The van der Waals surface area contributed by atoms with Gasteiger partial charge in [-0.15, -0.1) is 11.8 Å². The number of aliphatic imine (C=N–C) groups is 1. The number of carbonyl (C=O) groups excluding carboxylic acids is 2. The molecule has 1 aromatic carbocycles. The lowest BCUT2D eigenvalue weighted by Crippen LogP contribution is -2.19. The van der Waals surface area contributed by atoms with Crippen LogP contribution in [0.4, 0.5) is 0 Å². The monoisotopic (exact) mass is 297 g/mol. The summed E-state index contributed by atoms with van der Waals surface area (Å²) in [7, 11) is 1.33. The number of nitrogens with zero attached hydrogens (tertiary/aromatic N) is 1. The van der Waals surface area contributed by atoms with Crippen molar-refractivity contribution >= 4 is 40.2 Å². The van der Waals surface area contributed by atoms with Crippen molar-refractivity contribution in [1.82, 2.24) is 0 Å². The molecule has 2 rings (SSSR count). The van der Waals surface area contributed by atoms with Gasteiger partial charge < -0.3 is 4.74 Å². The Bertz CT molecular complexity index is 527. The minimum Gasteiger partial charge on any atom is -0.467 e. The zero-order chi connectivity index (χ0) is 13.8. The third kappa shape index (κ3) is 3.58. The number of Topliss-reactive ketones (excluding diaryl/α,β-unsaturated/α-hetero) is 1. The van der Waals surface area contributed by atoms with E-state index in [1.54, 1.807) is 24.3 Å². The van der Waals surface area contributed by atoms with E-state index in [1.165, 1.54) is 18.9 Å². The molecule has 0 aromatic heterocycles. The largest absolute Gasteiger partial charge is 0.467 e. The summed E-state index contributed by atoms with van der Waals surface area (Å²) in [6.07, 6.45) is 0.208. The lowest BCUT2D eigenvalue weighted by atomic mass is 10.1. The molecular weight excluding hydrogens is 286 g/mol. The average Bonchev–Trinajstić information content (AvgIpc) is 2.87. The van der Waals surface area contributed by atoms with Crippen molar-refractivity contribution in [2.75, 3.05) is 12.9 Å². The van der Waals surface area contributed by atoms with Crippen molar-refractivity contribution in [3.8, 4) is 0 Å². The summed E-state index contributed by atoms with van der Waals surface area (Å²) in [5.74, 6) is 0.144. The van der Waals surface area contributed by atoms with Gasteiger partial charge >= 0.3 is 5.97 Å². The second kappa shape index (κ2) is 6.21. The molecule has 0 saturated carbocycles. The Labute approximate surface area is 120 Å². The van der Waals surface area contributed by atoms with Crippen LogP contribution < -0.4 is 0 Å². The number of carbonyl (C=O) groups is 2. The fourth-order valence-electron chi connectivity index (χ4n) is 1.65. The minimum absolute atomic E-state index is 0.0339. The summed E-state index contributed by atoms with van der Waals surface area (Å²) in [6.45, 7) is 0. The van der Waals surface area contributed by atoms with E-state index in [1.807, 2.05) is 0 Å². The van der Waals surface area contributed by atoms with Crippen LogP contribution in [0.5, 0.6) is 0 Å². The average molecular weight is 298 g/mol. The molecule has 1 atom stereocenters. The van der Waals surface area contributed by atoms with Crippen molar-refractivity contribution < 1.29 is 14.3 Å². The third-order valence-corrected chi connectivity index (χ3v) is 3.98. The van der Waals surface area contributed by atoms with Crippen LogP contribution in [0.15, 0.2) is 29.3 Å². The van der Waals surface area contributed by atoms with Crippen LogP contribution in [0.25, 0.3) is 0 Å². The molecule has 1 aliphatic heterocycles. The maximum atomic E-state index is 12.0. The summed E-state index contributed by atoms with van der Waals surface area (Å²) in [4.78, 5) is 27.5. The molecular formula is C13H12ClNO3S. The summed E-state index contributed by atoms with van der Waals surface area (Å²) < 4.78 is 4.63. The molecule has 0 saturated heterocycles. The van der Waals surface area contributed by atoms with E-state index in [0.717, 1.165) is 0 Å². The molecule has 1 aromatic rings. The molecule has 0 bridgehead atoms. The van der Waals surface area contributed by atoms with E-state index in [0.29, 0.717) is 21.4 Å². The molecule has 0 spiro atoms. The minimum atomic E-state index is -0.483. The molecule has 1 heterocycles. The number of ketones is 1. The fourth-order valence-corrected chi connectivity index (χ4v) is 2.77. The number of benzene rings is 1. The number of esters is 1. The molecule has 6 heteroatoms. The lowest BCUT2D eigenvalue weighted by Gasteiger charge is -2.01. The Hall–Kier alpha value is -1.33. The van der Waals surface area contributed by atoms with Gasteiger partial charge in [0.1, 0.15) is 0 Å². The SMILES string of the molecule is COC(=O)C1CSC(CC(=O)c2ccc(Cl)cc2)=N1. The van der Waals surface area contributed by atoms with Gasteiger partial charge in [0, 0.05) is 16.3 Å². The van der Waals surface area contributed by atoms with E-state index in [4.69, 9.17) is 11.6 Å². The summed E-state index contributed by atoms with van der Waals surface area (Å²) in [5, 5.41) is 1.27. The van der Waals surface area contributed by atoms with E-state index in [2.05, 4.69) is 9.73 Å². The Morgan fingerprint density at radius 1 is 1.42 bits per heavy atom. The summed E-state index contributed by atoms with van der Waals surface area (Å²) in [5.41, 5.74) is 0.592. The number of rotatable bonds is 4. The molecule has 1 aliphatic rings. The molecule has 19 heavy (non-hydrogen) atoms. The highest BCUT2D eigenvalue weighted by atomic mass is 35.5. The number of hydrogen-bond donors (Lipinski definition) is 0. The van der Waals surface area contributed by atoms with Crippen LogP contribution in [-0.4, -0.2) is 35.7 Å². The van der Waals surface area contributed by atoms with E-state index in [9.17, 15) is 9.59 Å². The molecule has 0 N–H and O–H groups in total. The Morgan fingerprint density at radius 2 is 2.11 bits per heavy atom. The Balaban J connectivity index is 2.00. The van der Waals surface area contributed by atoms with Gasteiger partial charge in [0.15, 0.2) is 11.8 Å². The van der Waals surface area contributed by atoms with E-state index in [-0.39, 0.29) is 18.2 Å². The number of methoxy groups -OCH3 is 1. The molecule has 100 valence electrons. The number of thioether (sulfide) groups is 1. The first-order chi connectivity index (χ1) is 9.10. The van der Waals surface area contributed by atoms with Gasteiger partial charge in [-0.05, 0) is 24.3 Å². The van der Waals surface area contributed by atoms with Crippen LogP contribution in [-0.2, 0) is 9.53 Å². The van der Waals surface area contributed by atoms with Crippen LogP contribution in [0.2, 0.25) is 5.02 Å². The normalized spacial score (nSPS) is 18.0. The maximum absolute atomic E-state index is 12.0. The highest BCUT2D eigenvalue weighted by Gasteiger charge is 2.26. The second-order valence-electron chi connectivity index (χ2n) is 3.98. The van der Waals surface area contributed by atoms with Gasteiger partial charge in [0.25, 0.3) is 0 Å². The zero-order valence-electron chi connectivity index (χ0n) is 10.3. The Kier molecular flexibility index (Phi) is 4.61. The zero-order valence-corrected chi connectivity index (χ0v) is 11.8. The first-order valence-corrected chi connectivity index (χ1v) is 7.02. The predicted octanol–water partition coefficient (Wildman–Crippen LogP) is 2.60. The quantitative estimate of drug-likeness (QED) is 0.633. The summed E-state index contributed by atoms with van der Waals surface area (Å²) in [6, 6.07) is 6.24. The maximum Gasteiger partial charge on any atom is 0.331 e. The lowest BCUT2D eigenvalue weighted by molar-refractivity contribution is -0.141. The van der Waals surface area contributed by atoms with Gasteiger partial charge in [-0.3, -0.25) is 9.79 Å². The number of hydrogen-bond acceptors (Lipinski definition) is 5. The molecule has 0 fully saturated rings. The van der Waals surface area contributed by atoms with Crippen molar-refractivity contribution in [2.24, 2.45) is 4.99 Å². The highest BCUT2D eigenvalue weighted by Crippen LogP contribution is 2.22. The first kappa shape index (κ1) is 14.1. The van der Waals surface area contributed by atoms with Gasteiger partial charge in [0.05, 0.1) is 18.6 Å². The van der Waals surface area contributed by atoms with Crippen molar-refractivity contribution in [2.45, 2.75) is 12.5 Å². The van der Waals surface area contributed by atoms with E-state index < -0.39 is 6.04 Å². The Morgan fingerprint density at radius 3 is 2.74 bits per heavy atom. The van der Waals surface area contributed by atoms with Crippen LogP contribution in [0.1, 0.15) is 16.8 Å². The van der Waals surface area contributed by atoms with Crippen molar-refractivity contribution in [3.63, 3.8) is 0 Å². The molecule has 0 aliphatic carbocycles. The first-order valence-electron chi connectivity index (χ1n) is 5.66. The third-order valence-electron chi connectivity index (χ3n) is 2.66. The topological polar surface area (TPSA) is 55.7 Å². The van der Waals surface area contributed by atoms with Gasteiger partial charge in [-0.1, -0.05) is 11.6 Å². The van der Waals surface area contributed by atoms with Crippen LogP contribution >= 0.6 is 23.4 Å². The highest BCUT2D eigenvalue weighted by molar-refractivity contribution is 8.14. The summed E-state index contributed by atoms with van der Waals surface area (Å²) >= 11 is 7.19. The number of halogens is 1. The fraction of sp³-hybridized carbons (Fsp3) is 0.308. The van der Waals surface area contributed by atoms with Crippen LogP contribution in [0.3, 0.4) is 0 Å². The molecule has 4 nitrogen and oxygen atoms in total. The van der Waals surface area contributed by atoms with E-state index >= 15 is 0 Å². The predicted molar refractivity (Wildman–Crippen MR) is 76.1 cm³/mol. The van der Waals surface area contributed by atoms with Gasteiger partial charge in [0.2, 0.25) is 0 Å². The van der Waals surface area contributed by atoms with Gasteiger partial charge in [-0.2, -0.15) is 0 Å². The standard InChI is InChI=1S/C13H12ClNO3S/c1-18-13(17)10-7-19-12(15-10)6-11(16)8-2-4-9(14)5-3-8/h2-5,10H,6-7H2,1H3. The number of ether oxygens (including phenoxy) is 1. The van der Waals surface area contributed by atoms with Crippen molar-refractivity contribution in [1.29, 1.82) is 0 Å². The molecule has 1 unspecified atom stereocenters. The smallest absolute Gasteiger partial charge is 0.331 e. The van der Waals surface area contributed by atoms with Crippen LogP contribution in [0, 0.1) is 0 Å². The van der Waals surface area contributed by atoms with Crippen molar-refractivity contribution in [3.05, 3.63) is 34.9 Å². The second-order valence-corrected chi connectivity index (χ2v) is 5.51. The van der Waals surface area contributed by atoms with Gasteiger partial charge in [-0.25, -0.2) is 4.79 Å².